The van der Waals surface area contributed by atoms with E-state index in [1.807, 2.05) is 0 Å². The summed E-state index contributed by atoms with van der Waals surface area (Å²) in [5.74, 6) is -6.01. The Labute approximate surface area is 136 Å². The number of nitrogens with zero attached hydrogens (tertiary/aromatic N) is 1. The third-order valence-corrected chi connectivity index (χ3v) is 3.77. The summed E-state index contributed by atoms with van der Waals surface area (Å²) in [6.45, 7) is -0.298. The number of aliphatic hydroxyl groups excluding tert-OH is 1. The minimum absolute atomic E-state index is 0. The quantitative estimate of drug-likeness (QED) is 0.638. The molecule has 2 rings (SSSR count). The molecular weight excluding hydrogens is 347 g/mol. The van der Waals surface area contributed by atoms with Crippen molar-refractivity contribution in [1.82, 2.24) is 10.2 Å². The third kappa shape index (κ3) is 3.83. The molecule has 22 heavy (non-hydrogen) atoms. The second kappa shape index (κ2) is 7.79. The van der Waals surface area contributed by atoms with Crippen LogP contribution in [0.25, 0.3) is 0 Å². The van der Waals surface area contributed by atoms with Gasteiger partial charge in [-0.25, -0.2) is 17.6 Å². The lowest BCUT2D eigenvalue weighted by Gasteiger charge is -2.39. The number of rotatable bonds is 4. The number of nitrogens with one attached hydrogen (secondary N) is 1. The molecule has 0 amide bonds. The molecule has 1 aliphatic heterocycles. The van der Waals surface area contributed by atoms with E-state index in [1.165, 1.54) is 4.90 Å². The fourth-order valence-corrected chi connectivity index (χ4v) is 2.65. The van der Waals surface area contributed by atoms with Crippen LogP contribution in [-0.4, -0.2) is 48.7 Å². The van der Waals surface area contributed by atoms with Gasteiger partial charge in [0.15, 0.2) is 0 Å². The number of benzene rings is 1. The second-order valence-corrected chi connectivity index (χ2v) is 5.27. The Bertz CT molecular complexity index is 513. The van der Waals surface area contributed by atoms with Gasteiger partial charge in [-0.1, -0.05) is 11.6 Å². The predicted octanol–water partition coefficient (Wildman–Crippen LogP) is 2.61. The number of aliphatic hydroxyl groups is 1. The lowest BCUT2D eigenvalue weighted by atomic mass is 9.97. The van der Waals surface area contributed by atoms with Crippen LogP contribution in [0.15, 0.2) is 12.1 Å². The van der Waals surface area contributed by atoms with Crippen LogP contribution in [0.4, 0.5) is 17.6 Å². The van der Waals surface area contributed by atoms with E-state index in [9.17, 15) is 17.6 Å². The van der Waals surface area contributed by atoms with Gasteiger partial charge in [-0.2, -0.15) is 0 Å². The highest BCUT2D eigenvalue weighted by atomic mass is 35.5. The highest BCUT2D eigenvalue weighted by molar-refractivity contribution is 6.30. The number of alkyl halides is 2. The molecule has 3 nitrogen and oxygen atoms in total. The fraction of sp³-hybridized carbons (Fsp3) is 0.538. The number of hydrogen-bond acceptors (Lipinski definition) is 3. The molecule has 0 spiro atoms. The van der Waals surface area contributed by atoms with Gasteiger partial charge in [-0.3, -0.25) is 4.90 Å². The summed E-state index contributed by atoms with van der Waals surface area (Å²) in [5.41, 5.74) is -0.802. The minimum atomic E-state index is -3.69. The van der Waals surface area contributed by atoms with Crippen molar-refractivity contribution in [3.05, 3.63) is 34.4 Å². The van der Waals surface area contributed by atoms with E-state index < -0.39 is 40.8 Å². The van der Waals surface area contributed by atoms with Crippen LogP contribution in [0.1, 0.15) is 11.6 Å². The standard InChI is InChI=1S/C13H15ClF4N2O.ClH/c14-8-1-2-9(15)10(11(8)16)12(13(17,18)7-21)20-5-3-19-4-6-20;/h1-2,12,19,21H,3-7H2;1H/t12-;/m1./s1. The van der Waals surface area contributed by atoms with Gasteiger partial charge in [-0.15, -0.1) is 12.4 Å². The van der Waals surface area contributed by atoms with Crippen molar-refractivity contribution in [1.29, 1.82) is 0 Å². The van der Waals surface area contributed by atoms with Gasteiger partial charge in [0.05, 0.1) is 5.02 Å². The van der Waals surface area contributed by atoms with Crippen molar-refractivity contribution in [2.45, 2.75) is 12.0 Å². The summed E-state index contributed by atoms with van der Waals surface area (Å²) < 4.78 is 56.2. The topological polar surface area (TPSA) is 35.5 Å². The summed E-state index contributed by atoms with van der Waals surface area (Å²) in [5, 5.41) is 11.5. The smallest absolute Gasteiger partial charge is 0.290 e. The van der Waals surface area contributed by atoms with Gasteiger partial charge in [-0.05, 0) is 12.1 Å². The molecule has 126 valence electrons. The van der Waals surface area contributed by atoms with Crippen molar-refractivity contribution in [3.8, 4) is 0 Å². The van der Waals surface area contributed by atoms with Crippen molar-refractivity contribution < 1.29 is 22.7 Å². The molecule has 1 aromatic rings. The zero-order valence-electron chi connectivity index (χ0n) is 11.5. The van der Waals surface area contributed by atoms with Crippen LogP contribution < -0.4 is 5.32 Å². The summed E-state index contributed by atoms with van der Waals surface area (Å²) in [4.78, 5) is 1.25. The normalized spacial score (nSPS) is 17.9. The molecule has 2 N–H and O–H groups in total. The average molecular weight is 363 g/mol. The van der Waals surface area contributed by atoms with Crippen molar-refractivity contribution >= 4 is 24.0 Å². The van der Waals surface area contributed by atoms with Crippen molar-refractivity contribution in [2.24, 2.45) is 0 Å². The Morgan fingerprint density at radius 1 is 1.27 bits per heavy atom. The molecule has 0 saturated carbocycles. The predicted molar refractivity (Wildman–Crippen MR) is 77.8 cm³/mol. The lowest BCUT2D eigenvalue weighted by molar-refractivity contribution is -0.120. The van der Waals surface area contributed by atoms with E-state index in [1.54, 1.807) is 0 Å². The van der Waals surface area contributed by atoms with Gasteiger partial charge in [0.1, 0.15) is 24.3 Å². The molecule has 0 aliphatic carbocycles. The first-order valence-corrected chi connectivity index (χ1v) is 6.83. The van der Waals surface area contributed by atoms with Gasteiger partial charge in [0, 0.05) is 31.7 Å². The van der Waals surface area contributed by atoms with Crippen LogP contribution in [0.2, 0.25) is 5.02 Å². The molecule has 1 aliphatic rings. The van der Waals surface area contributed by atoms with E-state index in [2.05, 4.69) is 5.32 Å². The van der Waals surface area contributed by atoms with E-state index in [-0.39, 0.29) is 25.5 Å². The average Bonchev–Trinajstić information content (AvgIpc) is 2.48. The Morgan fingerprint density at radius 3 is 2.41 bits per heavy atom. The SMILES string of the molecule is Cl.OCC(F)(F)[C@@H](c1c(F)ccc(Cl)c1F)N1CCNCC1. The molecule has 1 atom stereocenters. The van der Waals surface area contributed by atoms with Gasteiger partial charge >= 0.3 is 0 Å². The minimum Gasteiger partial charge on any atom is -0.390 e. The Balaban J connectivity index is 0.00000242. The second-order valence-electron chi connectivity index (χ2n) is 4.86. The summed E-state index contributed by atoms with van der Waals surface area (Å²) in [6, 6.07) is -0.0753. The van der Waals surface area contributed by atoms with Crippen LogP contribution in [-0.2, 0) is 0 Å². The Morgan fingerprint density at radius 2 is 1.86 bits per heavy atom. The molecule has 0 unspecified atom stereocenters. The number of hydrogen-bond donors (Lipinski definition) is 2. The van der Waals surface area contributed by atoms with Gasteiger partial charge in [0.25, 0.3) is 5.92 Å². The summed E-state index contributed by atoms with van der Waals surface area (Å²) >= 11 is 5.58. The van der Waals surface area contributed by atoms with Crippen LogP contribution in [0.5, 0.6) is 0 Å². The Hall–Kier alpha value is -0.600. The third-order valence-electron chi connectivity index (χ3n) is 3.48. The molecular formula is C13H16Cl2F4N2O. The molecule has 1 heterocycles. The van der Waals surface area contributed by atoms with E-state index in [0.29, 0.717) is 13.1 Å². The van der Waals surface area contributed by atoms with E-state index >= 15 is 0 Å². The van der Waals surface area contributed by atoms with Crippen molar-refractivity contribution in [3.63, 3.8) is 0 Å². The van der Waals surface area contributed by atoms with E-state index in [4.69, 9.17) is 16.7 Å². The molecule has 0 bridgehead atoms. The van der Waals surface area contributed by atoms with Gasteiger partial charge < -0.3 is 10.4 Å². The van der Waals surface area contributed by atoms with Gasteiger partial charge in [0.2, 0.25) is 0 Å². The summed E-state index contributed by atoms with van der Waals surface area (Å²) in [7, 11) is 0. The molecule has 1 fully saturated rings. The monoisotopic (exact) mass is 362 g/mol. The molecule has 1 saturated heterocycles. The lowest BCUT2D eigenvalue weighted by Crippen LogP contribution is -2.51. The zero-order valence-corrected chi connectivity index (χ0v) is 13.0. The number of piperazine rings is 1. The summed E-state index contributed by atoms with van der Waals surface area (Å²) in [6.07, 6.45) is 0. The first-order chi connectivity index (χ1) is 9.88. The van der Waals surface area contributed by atoms with Crippen molar-refractivity contribution in [2.75, 3.05) is 32.8 Å². The maximum Gasteiger partial charge on any atom is 0.290 e. The molecule has 0 aromatic heterocycles. The highest BCUT2D eigenvalue weighted by Gasteiger charge is 2.46. The van der Waals surface area contributed by atoms with Crippen LogP contribution in [0, 0.1) is 11.6 Å². The van der Waals surface area contributed by atoms with Crippen LogP contribution in [0.3, 0.4) is 0 Å². The first kappa shape index (κ1) is 19.4. The maximum atomic E-state index is 14.1. The zero-order chi connectivity index (χ0) is 15.6. The maximum absolute atomic E-state index is 14.1. The number of halogens is 6. The fourth-order valence-electron chi connectivity index (χ4n) is 2.48. The largest absolute Gasteiger partial charge is 0.390 e. The van der Waals surface area contributed by atoms with Crippen LogP contribution >= 0.6 is 24.0 Å². The molecule has 0 radical (unpaired) electrons. The molecule has 9 heteroatoms. The molecule has 1 aromatic carbocycles. The first-order valence-electron chi connectivity index (χ1n) is 6.45. The Kier molecular flexibility index (Phi) is 6.88. The highest BCUT2D eigenvalue weighted by Crippen LogP contribution is 2.40. The van der Waals surface area contributed by atoms with E-state index in [0.717, 1.165) is 12.1 Å².